The molecule has 7 heteroatoms. The number of aliphatic carboxylic acids is 1. The van der Waals surface area contributed by atoms with Crippen molar-refractivity contribution in [2.24, 2.45) is 5.92 Å². The van der Waals surface area contributed by atoms with E-state index >= 15 is 0 Å². The highest BCUT2D eigenvalue weighted by Crippen LogP contribution is 2.16. The van der Waals surface area contributed by atoms with Crippen LogP contribution < -0.4 is 10.6 Å². The van der Waals surface area contributed by atoms with Crippen LogP contribution >= 0.6 is 0 Å². The Bertz CT molecular complexity index is 508. The Kier molecular flexibility index (Phi) is 5.42. The fourth-order valence-electron chi connectivity index (χ4n) is 1.58. The van der Waals surface area contributed by atoms with Gasteiger partial charge in [-0.2, -0.15) is 0 Å². The van der Waals surface area contributed by atoms with E-state index in [4.69, 9.17) is 5.11 Å². The van der Waals surface area contributed by atoms with Gasteiger partial charge in [0, 0.05) is 0 Å². The molecule has 0 aromatic heterocycles. The normalized spacial score (nSPS) is 13.4. The maximum atomic E-state index is 13.3. The molecular formula is C13H16F2N2O3. The molecule has 5 nitrogen and oxygen atoms in total. The minimum atomic E-state index is -1.20. The molecule has 0 saturated carbocycles. The van der Waals surface area contributed by atoms with Crippen LogP contribution in [0.2, 0.25) is 0 Å². The van der Waals surface area contributed by atoms with Gasteiger partial charge in [-0.15, -0.1) is 0 Å². The Hall–Kier alpha value is -2.18. The van der Waals surface area contributed by atoms with Gasteiger partial charge in [0.15, 0.2) is 11.6 Å². The quantitative estimate of drug-likeness (QED) is 0.778. The number of halogens is 2. The van der Waals surface area contributed by atoms with Crippen molar-refractivity contribution < 1.29 is 23.5 Å². The van der Waals surface area contributed by atoms with Crippen LogP contribution in [0.15, 0.2) is 18.2 Å². The van der Waals surface area contributed by atoms with E-state index in [2.05, 4.69) is 10.6 Å². The van der Waals surface area contributed by atoms with Crippen molar-refractivity contribution in [2.75, 3.05) is 5.32 Å². The van der Waals surface area contributed by atoms with Crippen molar-refractivity contribution in [3.63, 3.8) is 0 Å². The molecule has 0 saturated heterocycles. The first-order valence-electron chi connectivity index (χ1n) is 6.11. The minimum absolute atomic E-state index is 0.296. The second kappa shape index (κ2) is 6.83. The molecule has 0 unspecified atom stereocenters. The summed E-state index contributed by atoms with van der Waals surface area (Å²) in [5.74, 6) is -3.78. The number of hydrogen-bond donors (Lipinski definition) is 3. The summed E-state index contributed by atoms with van der Waals surface area (Å²) in [6, 6.07) is 1.32. The Labute approximate surface area is 115 Å². The first kappa shape index (κ1) is 15.9. The summed E-state index contributed by atoms with van der Waals surface area (Å²) in [6.45, 7) is 3.45. The van der Waals surface area contributed by atoms with Crippen molar-refractivity contribution in [1.82, 2.24) is 5.32 Å². The van der Waals surface area contributed by atoms with Crippen LogP contribution in [0.1, 0.15) is 20.3 Å². The van der Waals surface area contributed by atoms with Crippen LogP contribution in [0, 0.1) is 17.6 Å². The Morgan fingerprint density at radius 1 is 1.35 bits per heavy atom. The molecular weight excluding hydrogens is 270 g/mol. The fraction of sp³-hybridized carbons (Fsp3) is 0.385. The van der Waals surface area contributed by atoms with E-state index in [9.17, 15) is 18.4 Å². The molecule has 1 aromatic carbocycles. The van der Waals surface area contributed by atoms with Crippen molar-refractivity contribution in [1.29, 1.82) is 0 Å². The molecule has 0 aliphatic rings. The van der Waals surface area contributed by atoms with E-state index in [-0.39, 0.29) is 11.6 Å². The van der Waals surface area contributed by atoms with Gasteiger partial charge >= 0.3 is 12.0 Å². The van der Waals surface area contributed by atoms with E-state index in [1.807, 2.05) is 0 Å². The zero-order valence-corrected chi connectivity index (χ0v) is 11.1. The predicted molar refractivity (Wildman–Crippen MR) is 69.4 cm³/mol. The molecule has 1 rings (SSSR count). The van der Waals surface area contributed by atoms with Crippen LogP contribution in [0.3, 0.4) is 0 Å². The second-order valence-electron chi connectivity index (χ2n) is 4.40. The van der Waals surface area contributed by atoms with Crippen molar-refractivity contribution in [3.8, 4) is 0 Å². The van der Waals surface area contributed by atoms with Crippen LogP contribution in [0.5, 0.6) is 0 Å². The van der Waals surface area contributed by atoms with Gasteiger partial charge in [0.1, 0.15) is 6.04 Å². The lowest BCUT2D eigenvalue weighted by molar-refractivity contribution is -0.140. The molecule has 0 bridgehead atoms. The lowest BCUT2D eigenvalue weighted by Gasteiger charge is -2.20. The summed E-state index contributed by atoms with van der Waals surface area (Å²) < 4.78 is 26.3. The van der Waals surface area contributed by atoms with E-state index < -0.39 is 29.7 Å². The fourth-order valence-corrected chi connectivity index (χ4v) is 1.58. The van der Waals surface area contributed by atoms with Gasteiger partial charge in [-0.25, -0.2) is 18.4 Å². The molecule has 0 heterocycles. The maximum Gasteiger partial charge on any atom is 0.326 e. The van der Waals surface area contributed by atoms with Crippen molar-refractivity contribution >= 4 is 17.7 Å². The highest BCUT2D eigenvalue weighted by atomic mass is 19.2. The van der Waals surface area contributed by atoms with Gasteiger partial charge in [-0.3, -0.25) is 0 Å². The van der Waals surface area contributed by atoms with E-state index in [0.717, 1.165) is 6.07 Å². The first-order valence-corrected chi connectivity index (χ1v) is 6.11. The number of carboxylic acids is 1. The van der Waals surface area contributed by atoms with Crippen LogP contribution in [-0.4, -0.2) is 23.1 Å². The molecule has 0 radical (unpaired) electrons. The number of carbonyl (C=O) groups is 2. The number of amides is 2. The summed E-state index contributed by atoms with van der Waals surface area (Å²) in [5, 5.41) is 13.3. The number of nitrogens with one attached hydrogen (secondary N) is 2. The Morgan fingerprint density at radius 3 is 2.55 bits per heavy atom. The zero-order chi connectivity index (χ0) is 15.3. The summed E-state index contributed by atoms with van der Waals surface area (Å²) in [6.07, 6.45) is 0.547. The standard InChI is InChI=1S/C13H16F2N2O3/c1-3-7(2)11(12(18)19)17-13(20)16-9-6-4-5-8(14)10(9)15/h4-7,11H,3H2,1-2H3,(H,18,19)(H2,16,17,20)/t7-,11-/m0/s1. The van der Waals surface area contributed by atoms with Gasteiger partial charge in [0.05, 0.1) is 5.69 Å². The van der Waals surface area contributed by atoms with Crippen LogP contribution in [0.25, 0.3) is 0 Å². The smallest absolute Gasteiger partial charge is 0.326 e. The number of rotatable bonds is 5. The van der Waals surface area contributed by atoms with E-state index in [1.54, 1.807) is 13.8 Å². The molecule has 20 heavy (non-hydrogen) atoms. The predicted octanol–water partition coefficient (Wildman–Crippen LogP) is 2.59. The van der Waals surface area contributed by atoms with Crippen LogP contribution in [0.4, 0.5) is 19.3 Å². The van der Waals surface area contributed by atoms with E-state index in [0.29, 0.717) is 6.42 Å². The molecule has 3 N–H and O–H groups in total. The molecule has 0 aliphatic carbocycles. The second-order valence-corrected chi connectivity index (χ2v) is 4.40. The summed E-state index contributed by atoms with van der Waals surface area (Å²) in [5.41, 5.74) is -0.351. The highest BCUT2D eigenvalue weighted by molar-refractivity contribution is 5.92. The monoisotopic (exact) mass is 286 g/mol. The third-order valence-corrected chi connectivity index (χ3v) is 2.97. The molecule has 1 aromatic rings. The number of anilines is 1. The SMILES string of the molecule is CC[C@H](C)[C@H](NC(=O)Nc1cccc(F)c1F)C(=O)O. The van der Waals surface area contributed by atoms with Gasteiger partial charge < -0.3 is 15.7 Å². The van der Waals surface area contributed by atoms with Crippen molar-refractivity contribution in [2.45, 2.75) is 26.3 Å². The lowest BCUT2D eigenvalue weighted by Crippen LogP contribution is -2.46. The summed E-state index contributed by atoms with van der Waals surface area (Å²) in [4.78, 5) is 22.7. The average molecular weight is 286 g/mol. The van der Waals surface area contributed by atoms with Gasteiger partial charge in [-0.1, -0.05) is 26.3 Å². The average Bonchev–Trinajstić information content (AvgIpc) is 2.40. The van der Waals surface area contributed by atoms with Crippen LogP contribution in [-0.2, 0) is 4.79 Å². The molecule has 0 aliphatic heterocycles. The third-order valence-electron chi connectivity index (χ3n) is 2.97. The summed E-state index contributed by atoms with van der Waals surface area (Å²) in [7, 11) is 0. The Balaban J connectivity index is 2.76. The van der Waals surface area contributed by atoms with Gasteiger partial charge in [-0.05, 0) is 18.1 Å². The highest BCUT2D eigenvalue weighted by Gasteiger charge is 2.25. The number of hydrogen-bond acceptors (Lipinski definition) is 2. The molecule has 0 fully saturated rings. The zero-order valence-electron chi connectivity index (χ0n) is 11.1. The Morgan fingerprint density at radius 2 is 2.00 bits per heavy atom. The topological polar surface area (TPSA) is 78.4 Å². The largest absolute Gasteiger partial charge is 0.480 e. The minimum Gasteiger partial charge on any atom is -0.480 e. The summed E-state index contributed by atoms with van der Waals surface area (Å²) >= 11 is 0. The van der Waals surface area contributed by atoms with E-state index in [1.165, 1.54) is 12.1 Å². The first-order chi connectivity index (χ1) is 9.36. The number of benzene rings is 1. The van der Waals surface area contributed by atoms with Crippen molar-refractivity contribution in [3.05, 3.63) is 29.8 Å². The number of carboxylic acid groups (broad SMARTS) is 1. The number of urea groups is 1. The third kappa shape index (κ3) is 3.91. The maximum absolute atomic E-state index is 13.3. The molecule has 0 spiro atoms. The molecule has 110 valence electrons. The lowest BCUT2D eigenvalue weighted by atomic mass is 9.99. The molecule has 2 atom stereocenters. The molecule has 2 amide bonds. The van der Waals surface area contributed by atoms with Gasteiger partial charge in [0.25, 0.3) is 0 Å². The van der Waals surface area contributed by atoms with Gasteiger partial charge in [0.2, 0.25) is 0 Å². The number of carbonyl (C=O) groups excluding carboxylic acids is 1.